The molecule has 0 aliphatic heterocycles. The number of ether oxygens (including phenoxy) is 2. The van der Waals surface area contributed by atoms with Crippen molar-refractivity contribution >= 4 is 11.9 Å². The quantitative estimate of drug-likeness (QED) is 0.780. The van der Waals surface area contributed by atoms with Crippen LogP contribution in [0.3, 0.4) is 0 Å². The van der Waals surface area contributed by atoms with Gasteiger partial charge >= 0.3 is 12.3 Å². The third-order valence-corrected chi connectivity index (χ3v) is 3.06. The fourth-order valence-corrected chi connectivity index (χ4v) is 1.97. The van der Waals surface area contributed by atoms with E-state index in [0.29, 0.717) is 13.1 Å². The van der Waals surface area contributed by atoms with E-state index in [1.807, 2.05) is 0 Å². The topological polar surface area (TPSA) is 76.1 Å². The van der Waals surface area contributed by atoms with Crippen molar-refractivity contribution in [3.8, 4) is 11.5 Å². The van der Waals surface area contributed by atoms with Gasteiger partial charge in [-0.1, -0.05) is 6.07 Å². The summed E-state index contributed by atoms with van der Waals surface area (Å²) in [6, 6.07) is 3.38. The second-order valence-corrected chi connectivity index (χ2v) is 4.75. The maximum absolute atomic E-state index is 12.5. The van der Waals surface area contributed by atoms with E-state index in [0.717, 1.165) is 12.1 Å². The van der Waals surface area contributed by atoms with Crippen molar-refractivity contribution < 1.29 is 37.3 Å². The Bertz CT molecular complexity index is 585. The predicted molar refractivity (Wildman–Crippen MR) is 77.9 cm³/mol. The van der Waals surface area contributed by atoms with Crippen molar-refractivity contribution in [2.45, 2.75) is 26.6 Å². The van der Waals surface area contributed by atoms with Gasteiger partial charge in [0.1, 0.15) is 0 Å². The number of carbonyl (C=O) groups is 2. The van der Waals surface area contributed by atoms with E-state index in [9.17, 15) is 22.8 Å². The minimum Gasteiger partial charge on any atom is -0.481 e. The molecule has 1 aromatic rings. The average Bonchev–Trinajstić information content (AvgIpc) is 2.45. The number of carboxylic acids is 1. The summed E-state index contributed by atoms with van der Waals surface area (Å²) in [5.41, 5.74) is 0.115. The minimum atomic E-state index is -4.97. The van der Waals surface area contributed by atoms with Crippen molar-refractivity contribution in [1.82, 2.24) is 4.90 Å². The molecule has 1 N–H and O–H groups in total. The van der Waals surface area contributed by atoms with Crippen LogP contribution in [0.25, 0.3) is 0 Å². The molecule has 0 aliphatic carbocycles. The molecule has 1 aromatic carbocycles. The van der Waals surface area contributed by atoms with Crippen molar-refractivity contribution in [2.24, 2.45) is 0 Å². The standard InChI is InChI=1S/C15H18F3NO5/c1-3-19(4-2)13(20)9-23-11-6-5-10(8-14(21)22)7-12(11)24-15(16,17)18/h5-7H,3-4,8-9H2,1-2H3,(H,21,22). The molecular formula is C15H18F3NO5. The summed E-state index contributed by atoms with van der Waals surface area (Å²) in [5, 5.41) is 8.71. The number of benzene rings is 1. The molecule has 0 heterocycles. The zero-order chi connectivity index (χ0) is 18.3. The molecule has 1 amide bonds. The number of rotatable bonds is 8. The van der Waals surface area contributed by atoms with Gasteiger partial charge in [-0.15, -0.1) is 13.2 Å². The van der Waals surface area contributed by atoms with Crippen LogP contribution in [0.5, 0.6) is 11.5 Å². The number of carboxylic acid groups (broad SMARTS) is 1. The molecule has 0 fully saturated rings. The summed E-state index contributed by atoms with van der Waals surface area (Å²) in [6.07, 6.45) is -5.43. The molecule has 0 saturated heterocycles. The largest absolute Gasteiger partial charge is 0.573 e. The lowest BCUT2D eigenvalue weighted by Gasteiger charge is -2.20. The van der Waals surface area contributed by atoms with E-state index in [-0.39, 0.29) is 17.2 Å². The highest BCUT2D eigenvalue weighted by atomic mass is 19.4. The number of aliphatic carboxylic acids is 1. The average molecular weight is 349 g/mol. The summed E-state index contributed by atoms with van der Waals surface area (Å²) < 4.78 is 46.4. The van der Waals surface area contributed by atoms with Crippen LogP contribution in [0.2, 0.25) is 0 Å². The van der Waals surface area contributed by atoms with E-state index in [1.165, 1.54) is 11.0 Å². The molecule has 0 saturated carbocycles. The smallest absolute Gasteiger partial charge is 0.481 e. The van der Waals surface area contributed by atoms with Crippen LogP contribution in [0, 0.1) is 0 Å². The molecular weight excluding hydrogens is 331 g/mol. The first-order chi connectivity index (χ1) is 11.2. The van der Waals surface area contributed by atoms with Gasteiger partial charge in [0.15, 0.2) is 18.1 Å². The summed E-state index contributed by atoms with van der Waals surface area (Å²) in [7, 11) is 0. The maximum atomic E-state index is 12.5. The third kappa shape index (κ3) is 6.35. The van der Waals surface area contributed by atoms with Crippen LogP contribution in [0.4, 0.5) is 13.2 Å². The van der Waals surface area contributed by atoms with Gasteiger partial charge in [-0.2, -0.15) is 0 Å². The number of nitrogens with zero attached hydrogens (tertiary/aromatic N) is 1. The molecule has 6 nitrogen and oxygen atoms in total. The molecule has 9 heteroatoms. The number of alkyl halides is 3. The normalized spacial score (nSPS) is 11.0. The van der Waals surface area contributed by atoms with Gasteiger partial charge in [0, 0.05) is 13.1 Å². The van der Waals surface area contributed by atoms with Crippen LogP contribution < -0.4 is 9.47 Å². The fourth-order valence-electron chi connectivity index (χ4n) is 1.97. The summed E-state index contributed by atoms with van der Waals surface area (Å²) >= 11 is 0. The lowest BCUT2D eigenvalue weighted by Crippen LogP contribution is -2.34. The van der Waals surface area contributed by atoms with Crippen molar-refractivity contribution in [1.29, 1.82) is 0 Å². The van der Waals surface area contributed by atoms with Crippen molar-refractivity contribution in [2.75, 3.05) is 19.7 Å². The summed E-state index contributed by atoms with van der Waals surface area (Å²) in [5.74, 6) is -2.55. The highest BCUT2D eigenvalue weighted by Crippen LogP contribution is 2.33. The Morgan fingerprint density at radius 3 is 2.29 bits per heavy atom. The summed E-state index contributed by atoms with van der Waals surface area (Å²) in [4.78, 5) is 24.0. The Balaban J connectivity index is 2.95. The van der Waals surface area contributed by atoms with Gasteiger partial charge in [0.2, 0.25) is 0 Å². The van der Waals surface area contributed by atoms with Crippen LogP contribution in [-0.4, -0.2) is 47.9 Å². The first-order valence-corrected chi connectivity index (χ1v) is 7.17. The number of hydrogen-bond acceptors (Lipinski definition) is 4. The van der Waals surface area contributed by atoms with E-state index in [1.54, 1.807) is 13.8 Å². The molecule has 134 valence electrons. The molecule has 0 aromatic heterocycles. The monoisotopic (exact) mass is 349 g/mol. The van der Waals surface area contributed by atoms with Gasteiger partial charge in [-0.05, 0) is 31.5 Å². The van der Waals surface area contributed by atoms with Gasteiger partial charge < -0.3 is 19.5 Å². The van der Waals surface area contributed by atoms with Gasteiger partial charge in [0.05, 0.1) is 6.42 Å². The molecule has 0 unspecified atom stereocenters. The fraction of sp³-hybridized carbons (Fsp3) is 0.467. The number of likely N-dealkylation sites (N-methyl/N-ethyl adjacent to an activating group) is 1. The first kappa shape index (κ1) is 19.6. The molecule has 1 rings (SSSR count). The maximum Gasteiger partial charge on any atom is 0.573 e. The number of carbonyl (C=O) groups excluding carboxylic acids is 1. The molecule has 0 spiro atoms. The molecule has 24 heavy (non-hydrogen) atoms. The molecule has 0 aliphatic rings. The Hall–Kier alpha value is -2.45. The van der Waals surface area contributed by atoms with E-state index >= 15 is 0 Å². The Morgan fingerprint density at radius 1 is 1.17 bits per heavy atom. The third-order valence-electron chi connectivity index (χ3n) is 3.06. The van der Waals surface area contributed by atoms with Crippen molar-refractivity contribution in [3.05, 3.63) is 23.8 Å². The van der Waals surface area contributed by atoms with E-state index in [2.05, 4.69) is 4.74 Å². The molecule has 0 bridgehead atoms. The summed E-state index contributed by atoms with van der Waals surface area (Å²) in [6.45, 7) is 3.97. The van der Waals surface area contributed by atoms with Gasteiger partial charge in [-0.25, -0.2) is 0 Å². The Labute approximate surface area is 136 Å². The van der Waals surface area contributed by atoms with Gasteiger partial charge in [0.25, 0.3) is 5.91 Å². The zero-order valence-electron chi connectivity index (χ0n) is 13.2. The molecule has 0 radical (unpaired) electrons. The second-order valence-electron chi connectivity index (χ2n) is 4.75. The zero-order valence-corrected chi connectivity index (χ0v) is 13.2. The number of hydrogen-bond donors (Lipinski definition) is 1. The number of halogens is 3. The number of amides is 1. The highest BCUT2D eigenvalue weighted by Gasteiger charge is 2.33. The van der Waals surface area contributed by atoms with Gasteiger partial charge in [-0.3, -0.25) is 9.59 Å². The van der Waals surface area contributed by atoms with E-state index in [4.69, 9.17) is 9.84 Å². The minimum absolute atomic E-state index is 0.115. The Kier molecular flexibility index (Phi) is 6.87. The molecule has 0 atom stereocenters. The Morgan fingerprint density at radius 2 is 1.79 bits per heavy atom. The lowest BCUT2D eigenvalue weighted by molar-refractivity contribution is -0.275. The van der Waals surface area contributed by atoms with Crippen LogP contribution in [-0.2, 0) is 16.0 Å². The van der Waals surface area contributed by atoms with Crippen molar-refractivity contribution in [3.63, 3.8) is 0 Å². The lowest BCUT2D eigenvalue weighted by atomic mass is 10.1. The van der Waals surface area contributed by atoms with Crippen LogP contribution in [0.15, 0.2) is 18.2 Å². The SMILES string of the molecule is CCN(CC)C(=O)COc1ccc(CC(=O)O)cc1OC(F)(F)F. The second kappa shape index (κ2) is 8.42. The van der Waals surface area contributed by atoms with E-state index < -0.39 is 31.1 Å². The predicted octanol–water partition coefficient (Wildman–Crippen LogP) is 2.46. The first-order valence-electron chi connectivity index (χ1n) is 7.17. The van der Waals surface area contributed by atoms with Crippen LogP contribution in [0.1, 0.15) is 19.4 Å². The van der Waals surface area contributed by atoms with Crippen LogP contribution >= 0.6 is 0 Å². The highest BCUT2D eigenvalue weighted by molar-refractivity contribution is 5.77.